The van der Waals surface area contributed by atoms with Crippen LogP contribution in [0.5, 0.6) is 0 Å². The second-order valence-electron chi connectivity index (χ2n) is 4.66. The van der Waals surface area contributed by atoms with E-state index in [2.05, 4.69) is 28.9 Å². The molecule has 19 heavy (non-hydrogen) atoms. The highest BCUT2D eigenvalue weighted by molar-refractivity contribution is 5.55. The van der Waals surface area contributed by atoms with Crippen LogP contribution in [0.3, 0.4) is 0 Å². The molecule has 3 nitrogen and oxygen atoms in total. The molecule has 1 aromatic carbocycles. The summed E-state index contributed by atoms with van der Waals surface area (Å²) in [5.41, 5.74) is 4.48. The number of hydrogen-bond donors (Lipinski definition) is 1. The molecule has 0 aliphatic carbocycles. The first-order chi connectivity index (χ1) is 9.24. The Kier molecular flexibility index (Phi) is 4.53. The molecule has 1 N–H and O–H groups in total. The van der Waals surface area contributed by atoms with Crippen molar-refractivity contribution >= 4 is 5.69 Å². The second kappa shape index (κ2) is 6.34. The van der Waals surface area contributed by atoms with Crippen LogP contribution in [-0.4, -0.2) is 16.6 Å². The van der Waals surface area contributed by atoms with Gasteiger partial charge in [-0.15, -0.1) is 0 Å². The van der Waals surface area contributed by atoms with Gasteiger partial charge in [0.15, 0.2) is 0 Å². The van der Waals surface area contributed by atoms with Crippen LogP contribution in [0.15, 0.2) is 42.7 Å². The van der Waals surface area contributed by atoms with Gasteiger partial charge in [-0.05, 0) is 37.6 Å². The fraction of sp³-hybridized carbons (Fsp3) is 0.312. The predicted molar refractivity (Wildman–Crippen MR) is 78.1 cm³/mol. The quantitative estimate of drug-likeness (QED) is 0.893. The maximum absolute atomic E-state index is 9.52. The summed E-state index contributed by atoms with van der Waals surface area (Å²) in [6.45, 7) is 5.97. The minimum Gasteiger partial charge on any atom is -0.392 e. The van der Waals surface area contributed by atoms with Crippen LogP contribution in [0.4, 0.5) is 5.69 Å². The van der Waals surface area contributed by atoms with Crippen molar-refractivity contribution in [1.29, 1.82) is 0 Å². The predicted octanol–water partition coefficient (Wildman–Crippen LogP) is 2.91. The number of nitrogens with zero attached hydrogens (tertiary/aromatic N) is 2. The average molecular weight is 256 g/mol. The van der Waals surface area contributed by atoms with Crippen molar-refractivity contribution in [1.82, 2.24) is 4.98 Å². The Morgan fingerprint density at radius 1 is 1.16 bits per heavy atom. The number of rotatable bonds is 5. The van der Waals surface area contributed by atoms with Gasteiger partial charge in [0.05, 0.1) is 6.61 Å². The number of aryl methyl sites for hydroxylation is 1. The van der Waals surface area contributed by atoms with Gasteiger partial charge in [-0.25, -0.2) is 0 Å². The number of anilines is 1. The lowest BCUT2D eigenvalue weighted by atomic mass is 10.1. The topological polar surface area (TPSA) is 36.4 Å². The van der Waals surface area contributed by atoms with Crippen molar-refractivity contribution in [2.75, 3.05) is 11.4 Å². The summed E-state index contributed by atoms with van der Waals surface area (Å²) in [6, 6.07) is 10.3. The van der Waals surface area contributed by atoms with E-state index in [1.165, 1.54) is 11.1 Å². The molecule has 3 heteroatoms. The Morgan fingerprint density at radius 3 is 2.53 bits per heavy atom. The van der Waals surface area contributed by atoms with Crippen LogP contribution in [-0.2, 0) is 13.2 Å². The maximum atomic E-state index is 9.52. The molecule has 0 unspecified atom stereocenters. The number of aliphatic hydroxyl groups excluding tert-OH is 1. The second-order valence-corrected chi connectivity index (χ2v) is 4.66. The van der Waals surface area contributed by atoms with Crippen molar-refractivity contribution < 1.29 is 5.11 Å². The third kappa shape index (κ3) is 3.32. The van der Waals surface area contributed by atoms with E-state index in [1.54, 1.807) is 0 Å². The van der Waals surface area contributed by atoms with Crippen molar-refractivity contribution in [2.24, 2.45) is 0 Å². The first kappa shape index (κ1) is 13.6. The van der Waals surface area contributed by atoms with Crippen LogP contribution in [0.1, 0.15) is 23.6 Å². The van der Waals surface area contributed by atoms with Gasteiger partial charge in [-0.3, -0.25) is 4.98 Å². The van der Waals surface area contributed by atoms with E-state index in [1.807, 2.05) is 37.5 Å². The Morgan fingerprint density at radius 2 is 1.89 bits per heavy atom. The zero-order valence-corrected chi connectivity index (χ0v) is 11.5. The fourth-order valence-electron chi connectivity index (χ4n) is 2.23. The van der Waals surface area contributed by atoms with Crippen LogP contribution < -0.4 is 4.90 Å². The SMILES string of the molecule is CCN(Cc1ccncc1)c1ccc(C)cc1CO. The van der Waals surface area contributed by atoms with Gasteiger partial charge in [0.2, 0.25) is 0 Å². The first-order valence-corrected chi connectivity index (χ1v) is 6.58. The molecule has 0 saturated carbocycles. The highest BCUT2D eigenvalue weighted by atomic mass is 16.3. The molecule has 1 heterocycles. The smallest absolute Gasteiger partial charge is 0.0702 e. The molecule has 0 atom stereocenters. The normalized spacial score (nSPS) is 10.5. The van der Waals surface area contributed by atoms with Crippen LogP contribution >= 0.6 is 0 Å². The molecule has 2 rings (SSSR count). The number of aromatic nitrogens is 1. The lowest BCUT2D eigenvalue weighted by Gasteiger charge is -2.25. The summed E-state index contributed by atoms with van der Waals surface area (Å²) < 4.78 is 0. The van der Waals surface area contributed by atoms with E-state index >= 15 is 0 Å². The Balaban J connectivity index is 2.27. The minimum absolute atomic E-state index is 0.0733. The van der Waals surface area contributed by atoms with Crippen molar-refractivity contribution in [2.45, 2.75) is 27.0 Å². The van der Waals surface area contributed by atoms with E-state index in [0.29, 0.717) is 0 Å². The van der Waals surface area contributed by atoms with Gasteiger partial charge in [-0.1, -0.05) is 17.7 Å². The summed E-state index contributed by atoms with van der Waals surface area (Å²) in [6.07, 6.45) is 3.62. The van der Waals surface area contributed by atoms with Crippen molar-refractivity contribution in [3.05, 3.63) is 59.4 Å². The van der Waals surface area contributed by atoms with E-state index in [0.717, 1.165) is 24.3 Å². The summed E-state index contributed by atoms with van der Waals surface area (Å²) in [5.74, 6) is 0. The summed E-state index contributed by atoms with van der Waals surface area (Å²) >= 11 is 0. The third-order valence-corrected chi connectivity index (χ3v) is 3.25. The first-order valence-electron chi connectivity index (χ1n) is 6.58. The maximum Gasteiger partial charge on any atom is 0.0702 e. The van der Waals surface area contributed by atoms with E-state index in [9.17, 15) is 5.11 Å². The molecule has 0 radical (unpaired) electrons. The van der Waals surface area contributed by atoms with Gasteiger partial charge in [0.1, 0.15) is 0 Å². The summed E-state index contributed by atoms with van der Waals surface area (Å²) in [5, 5.41) is 9.52. The monoisotopic (exact) mass is 256 g/mol. The molecule has 0 bridgehead atoms. The van der Waals surface area contributed by atoms with E-state index in [4.69, 9.17) is 0 Å². The summed E-state index contributed by atoms with van der Waals surface area (Å²) in [7, 11) is 0. The molecule has 2 aromatic rings. The van der Waals surface area contributed by atoms with Gasteiger partial charge >= 0.3 is 0 Å². The molecule has 0 saturated heterocycles. The molecule has 0 aliphatic rings. The minimum atomic E-state index is 0.0733. The van der Waals surface area contributed by atoms with E-state index < -0.39 is 0 Å². The Hall–Kier alpha value is -1.87. The van der Waals surface area contributed by atoms with Gasteiger partial charge in [0.25, 0.3) is 0 Å². The zero-order valence-electron chi connectivity index (χ0n) is 11.5. The average Bonchev–Trinajstić information content (AvgIpc) is 2.46. The van der Waals surface area contributed by atoms with Crippen molar-refractivity contribution in [3.8, 4) is 0 Å². The third-order valence-electron chi connectivity index (χ3n) is 3.25. The summed E-state index contributed by atoms with van der Waals surface area (Å²) in [4.78, 5) is 6.30. The Bertz CT molecular complexity index is 526. The number of aliphatic hydroxyl groups is 1. The highest BCUT2D eigenvalue weighted by Gasteiger charge is 2.10. The van der Waals surface area contributed by atoms with Crippen LogP contribution in [0.25, 0.3) is 0 Å². The fourth-order valence-corrected chi connectivity index (χ4v) is 2.23. The molecular weight excluding hydrogens is 236 g/mol. The zero-order chi connectivity index (χ0) is 13.7. The molecule has 0 aliphatic heterocycles. The van der Waals surface area contributed by atoms with Gasteiger partial charge in [-0.2, -0.15) is 0 Å². The van der Waals surface area contributed by atoms with Gasteiger partial charge < -0.3 is 10.0 Å². The largest absolute Gasteiger partial charge is 0.392 e. The van der Waals surface area contributed by atoms with Crippen LogP contribution in [0, 0.1) is 6.92 Å². The Labute approximate surface area is 114 Å². The number of hydrogen-bond acceptors (Lipinski definition) is 3. The highest BCUT2D eigenvalue weighted by Crippen LogP contribution is 2.23. The molecular formula is C16H20N2O. The molecule has 1 aromatic heterocycles. The van der Waals surface area contributed by atoms with Crippen molar-refractivity contribution in [3.63, 3.8) is 0 Å². The molecule has 0 fully saturated rings. The number of pyridine rings is 1. The number of benzene rings is 1. The van der Waals surface area contributed by atoms with Crippen LogP contribution in [0.2, 0.25) is 0 Å². The molecule has 0 spiro atoms. The standard InChI is InChI=1S/C16H20N2O/c1-3-18(11-14-6-8-17-9-7-14)16-5-4-13(2)10-15(16)12-19/h4-10,19H,3,11-12H2,1-2H3. The lowest BCUT2D eigenvalue weighted by Crippen LogP contribution is -2.23. The lowest BCUT2D eigenvalue weighted by molar-refractivity contribution is 0.282. The van der Waals surface area contributed by atoms with Gasteiger partial charge in [0, 0.05) is 36.7 Å². The molecule has 100 valence electrons. The molecule has 0 amide bonds. The van der Waals surface area contributed by atoms with E-state index in [-0.39, 0.29) is 6.61 Å².